The van der Waals surface area contributed by atoms with E-state index in [1.807, 2.05) is 32.0 Å². The van der Waals surface area contributed by atoms with Crippen molar-refractivity contribution in [1.29, 1.82) is 0 Å². The number of methoxy groups -OCH3 is 1. The van der Waals surface area contributed by atoms with Crippen molar-refractivity contribution in [2.75, 3.05) is 7.11 Å². The van der Waals surface area contributed by atoms with Crippen LogP contribution >= 0.6 is 0 Å². The minimum atomic E-state index is -0.492. The van der Waals surface area contributed by atoms with Crippen molar-refractivity contribution in [3.8, 4) is 22.9 Å². The quantitative estimate of drug-likeness (QED) is 0.400. The number of hydrogen-bond acceptors (Lipinski definition) is 8. The highest BCUT2D eigenvalue weighted by atomic mass is 16.5. The Bertz CT molecular complexity index is 1200. The van der Waals surface area contributed by atoms with Crippen molar-refractivity contribution < 1.29 is 23.2 Å². The molecule has 4 rings (SSSR count). The minimum absolute atomic E-state index is 0.000500. The predicted molar refractivity (Wildman–Crippen MR) is 119 cm³/mol. The summed E-state index contributed by atoms with van der Waals surface area (Å²) in [5, 5.41) is 6.93. The van der Waals surface area contributed by atoms with E-state index < -0.39 is 11.9 Å². The van der Waals surface area contributed by atoms with E-state index in [1.54, 1.807) is 49.8 Å². The first-order valence-electron chi connectivity index (χ1n) is 10.4. The maximum absolute atomic E-state index is 12.8. The second-order valence-electron chi connectivity index (χ2n) is 7.60. The largest absolute Gasteiger partial charge is 0.493 e. The Hall–Kier alpha value is -4.14. The van der Waals surface area contributed by atoms with Crippen LogP contribution in [0.1, 0.15) is 42.1 Å². The van der Waals surface area contributed by atoms with Crippen molar-refractivity contribution in [2.24, 2.45) is 5.92 Å². The highest BCUT2D eigenvalue weighted by Crippen LogP contribution is 2.27. The van der Waals surface area contributed by atoms with E-state index in [4.69, 9.17) is 18.4 Å². The first-order valence-corrected chi connectivity index (χ1v) is 10.4. The fraction of sp³-hybridized carbons (Fsp3) is 0.250. The first-order chi connectivity index (χ1) is 16.0. The number of carbonyl (C=O) groups excluding carboxylic acids is 1. The summed E-state index contributed by atoms with van der Waals surface area (Å²) < 4.78 is 22.1. The Labute approximate surface area is 190 Å². The number of rotatable bonds is 9. The molecule has 0 saturated heterocycles. The Morgan fingerprint density at radius 3 is 2.64 bits per heavy atom. The molecule has 0 aliphatic heterocycles. The van der Waals surface area contributed by atoms with E-state index >= 15 is 0 Å². The molecular formula is C24H24N4O5. The Morgan fingerprint density at radius 2 is 1.91 bits per heavy atom. The molecule has 1 aromatic carbocycles. The third-order valence-electron chi connectivity index (χ3n) is 4.91. The molecular weight excluding hydrogens is 424 g/mol. The van der Waals surface area contributed by atoms with Gasteiger partial charge in [-0.05, 0) is 42.3 Å². The van der Waals surface area contributed by atoms with E-state index in [-0.39, 0.29) is 18.3 Å². The molecule has 1 amide bonds. The average Bonchev–Trinajstić information content (AvgIpc) is 3.52. The summed E-state index contributed by atoms with van der Waals surface area (Å²) >= 11 is 0. The second-order valence-corrected chi connectivity index (χ2v) is 7.60. The van der Waals surface area contributed by atoms with E-state index in [0.29, 0.717) is 29.0 Å². The van der Waals surface area contributed by atoms with Crippen LogP contribution in [0.2, 0.25) is 0 Å². The van der Waals surface area contributed by atoms with Crippen LogP contribution in [0.5, 0.6) is 11.5 Å². The van der Waals surface area contributed by atoms with Gasteiger partial charge in [0.25, 0.3) is 5.91 Å². The van der Waals surface area contributed by atoms with Crippen molar-refractivity contribution in [2.45, 2.75) is 26.5 Å². The van der Waals surface area contributed by atoms with E-state index in [2.05, 4.69) is 20.4 Å². The van der Waals surface area contributed by atoms with Crippen LogP contribution in [0.25, 0.3) is 11.4 Å². The molecule has 0 aliphatic carbocycles. The number of furan rings is 1. The van der Waals surface area contributed by atoms with Gasteiger partial charge in [0, 0.05) is 18.0 Å². The summed E-state index contributed by atoms with van der Waals surface area (Å²) in [4.78, 5) is 21.3. The molecule has 3 heterocycles. The highest BCUT2D eigenvalue weighted by Gasteiger charge is 2.26. The molecule has 9 nitrogen and oxygen atoms in total. The monoisotopic (exact) mass is 448 g/mol. The van der Waals surface area contributed by atoms with Crippen molar-refractivity contribution in [3.63, 3.8) is 0 Å². The first kappa shape index (κ1) is 22.1. The summed E-state index contributed by atoms with van der Waals surface area (Å²) in [6.07, 6.45) is 3.32. The molecule has 3 aromatic heterocycles. The topological polar surface area (TPSA) is 113 Å². The maximum Gasteiger partial charge on any atom is 0.287 e. The molecule has 0 spiro atoms. The summed E-state index contributed by atoms with van der Waals surface area (Å²) in [6.45, 7) is 4.06. The van der Waals surface area contributed by atoms with Gasteiger partial charge in [0.1, 0.15) is 18.4 Å². The van der Waals surface area contributed by atoms with Crippen LogP contribution in [0.15, 0.2) is 69.9 Å². The highest BCUT2D eigenvalue weighted by molar-refractivity contribution is 5.91. The minimum Gasteiger partial charge on any atom is -0.493 e. The van der Waals surface area contributed by atoms with Crippen LogP contribution < -0.4 is 14.8 Å². The van der Waals surface area contributed by atoms with Crippen LogP contribution in [0.4, 0.5) is 0 Å². The molecule has 33 heavy (non-hydrogen) atoms. The number of carbonyl (C=O) groups is 1. The van der Waals surface area contributed by atoms with Gasteiger partial charge < -0.3 is 23.7 Å². The van der Waals surface area contributed by atoms with Crippen LogP contribution in [-0.2, 0) is 6.61 Å². The average molecular weight is 448 g/mol. The lowest BCUT2D eigenvalue weighted by molar-refractivity contribution is 0.0881. The Balaban J connectivity index is 1.42. The van der Waals surface area contributed by atoms with Gasteiger partial charge in [-0.15, -0.1) is 0 Å². The molecule has 4 aromatic rings. The lowest BCUT2D eigenvalue weighted by atomic mass is 10.0. The number of aromatic nitrogens is 3. The SMILES string of the molecule is COc1ccccc1OCc1ccc(C(=O)NC(c2nc(-c3cccnc3)no2)C(C)C)o1. The third kappa shape index (κ3) is 5.20. The molecule has 0 fully saturated rings. The zero-order valence-electron chi connectivity index (χ0n) is 18.5. The lowest BCUT2D eigenvalue weighted by Gasteiger charge is -2.17. The number of amides is 1. The number of nitrogens with zero attached hydrogens (tertiary/aromatic N) is 3. The summed E-state index contributed by atoms with van der Waals surface area (Å²) in [6, 6.07) is 13.7. The zero-order chi connectivity index (χ0) is 23.2. The van der Waals surface area contributed by atoms with Crippen molar-refractivity contribution in [3.05, 3.63) is 78.3 Å². The van der Waals surface area contributed by atoms with Crippen LogP contribution in [0.3, 0.4) is 0 Å². The van der Waals surface area contributed by atoms with Gasteiger partial charge in [-0.2, -0.15) is 4.98 Å². The lowest BCUT2D eigenvalue weighted by Crippen LogP contribution is -2.31. The van der Waals surface area contributed by atoms with E-state index in [0.717, 1.165) is 5.56 Å². The van der Waals surface area contributed by atoms with Gasteiger partial charge in [0.05, 0.1) is 7.11 Å². The standard InChI is InChI=1S/C24H24N4O5/c1-15(2)21(24-27-22(28-33-24)16-7-6-12-25-13-16)26-23(29)20-11-10-17(32-20)14-31-19-9-5-4-8-18(19)30-3/h4-13,15,21H,14H2,1-3H3,(H,26,29). The van der Waals surface area contributed by atoms with Gasteiger partial charge in [0.2, 0.25) is 11.7 Å². The summed E-state index contributed by atoms with van der Waals surface area (Å²) in [7, 11) is 1.58. The predicted octanol–water partition coefficient (Wildman–Crippen LogP) is 4.44. The van der Waals surface area contributed by atoms with Gasteiger partial charge >= 0.3 is 0 Å². The zero-order valence-corrected chi connectivity index (χ0v) is 18.5. The smallest absolute Gasteiger partial charge is 0.287 e. The van der Waals surface area contributed by atoms with E-state index in [9.17, 15) is 4.79 Å². The molecule has 1 atom stereocenters. The van der Waals surface area contributed by atoms with Gasteiger partial charge in [-0.25, -0.2) is 0 Å². The number of para-hydroxylation sites is 2. The number of benzene rings is 1. The van der Waals surface area contributed by atoms with Crippen molar-refractivity contribution >= 4 is 5.91 Å². The molecule has 1 N–H and O–H groups in total. The molecule has 1 unspecified atom stereocenters. The number of pyridine rings is 1. The normalized spacial score (nSPS) is 11.9. The number of ether oxygens (including phenoxy) is 2. The molecule has 170 valence electrons. The van der Waals surface area contributed by atoms with Crippen LogP contribution in [-0.4, -0.2) is 28.1 Å². The number of nitrogens with one attached hydrogen (secondary N) is 1. The second kappa shape index (κ2) is 9.99. The van der Waals surface area contributed by atoms with Crippen molar-refractivity contribution in [1.82, 2.24) is 20.4 Å². The van der Waals surface area contributed by atoms with Gasteiger partial charge in [-0.3, -0.25) is 9.78 Å². The molecule has 0 aliphatic rings. The van der Waals surface area contributed by atoms with E-state index in [1.165, 1.54) is 0 Å². The van der Waals surface area contributed by atoms with Crippen LogP contribution in [0, 0.1) is 5.92 Å². The van der Waals surface area contributed by atoms with Gasteiger partial charge in [-0.1, -0.05) is 31.1 Å². The third-order valence-corrected chi connectivity index (χ3v) is 4.91. The molecule has 0 radical (unpaired) electrons. The fourth-order valence-electron chi connectivity index (χ4n) is 3.16. The Kier molecular flexibility index (Phi) is 6.68. The molecule has 0 bridgehead atoms. The Morgan fingerprint density at radius 1 is 1.09 bits per heavy atom. The fourth-order valence-corrected chi connectivity index (χ4v) is 3.16. The van der Waals surface area contributed by atoms with Gasteiger partial charge in [0.15, 0.2) is 17.3 Å². The molecule has 0 saturated carbocycles. The summed E-state index contributed by atoms with van der Waals surface area (Å²) in [5.41, 5.74) is 0.729. The maximum atomic E-state index is 12.8. The summed E-state index contributed by atoms with van der Waals surface area (Å²) in [5.74, 6) is 2.19. The molecule has 9 heteroatoms. The number of hydrogen-bond donors (Lipinski definition) is 1.